The number of piperidine rings is 1. The molecule has 92 valence electrons. The first-order chi connectivity index (χ1) is 8.19. The van der Waals surface area contributed by atoms with E-state index in [9.17, 15) is 4.79 Å². The van der Waals surface area contributed by atoms with Crippen LogP contribution >= 0.6 is 0 Å². The van der Waals surface area contributed by atoms with Crippen molar-refractivity contribution in [2.75, 3.05) is 17.6 Å². The molecule has 0 spiro atoms. The molecule has 2 heterocycles. The largest absolute Gasteiger partial charge is 0.384 e. The Bertz CT molecular complexity index is 420. The molecule has 0 aliphatic carbocycles. The van der Waals surface area contributed by atoms with Crippen molar-refractivity contribution in [3.8, 4) is 0 Å². The summed E-state index contributed by atoms with van der Waals surface area (Å²) in [4.78, 5) is 20.0. The Balaban J connectivity index is 2.11. The minimum absolute atomic E-state index is 0.0199. The van der Waals surface area contributed by atoms with Gasteiger partial charge < -0.3 is 16.4 Å². The molecule has 6 heteroatoms. The van der Waals surface area contributed by atoms with Crippen molar-refractivity contribution in [3.63, 3.8) is 0 Å². The average molecular weight is 235 g/mol. The fraction of sp³-hybridized carbons (Fsp3) is 0.545. The molecule has 17 heavy (non-hydrogen) atoms. The summed E-state index contributed by atoms with van der Waals surface area (Å²) < 4.78 is 0. The fourth-order valence-electron chi connectivity index (χ4n) is 1.84. The Morgan fingerprint density at radius 3 is 3.12 bits per heavy atom. The number of nitrogens with two attached hydrogens (primary N) is 1. The van der Waals surface area contributed by atoms with Crippen molar-refractivity contribution in [3.05, 3.63) is 11.9 Å². The number of nitrogen functional groups attached to an aromatic ring is 1. The zero-order valence-electron chi connectivity index (χ0n) is 9.86. The molecule has 1 aromatic rings. The van der Waals surface area contributed by atoms with Gasteiger partial charge in [-0.05, 0) is 12.8 Å². The highest BCUT2D eigenvalue weighted by atomic mass is 16.2. The second kappa shape index (κ2) is 4.99. The third-order valence-corrected chi connectivity index (χ3v) is 2.72. The van der Waals surface area contributed by atoms with Crippen molar-refractivity contribution in [1.82, 2.24) is 15.3 Å². The molecule has 0 aromatic carbocycles. The lowest BCUT2D eigenvalue weighted by Crippen LogP contribution is -2.44. The van der Waals surface area contributed by atoms with E-state index in [1.165, 1.54) is 0 Å². The number of hydrogen-bond donors (Lipinski definition) is 3. The van der Waals surface area contributed by atoms with Gasteiger partial charge in [0.1, 0.15) is 23.5 Å². The summed E-state index contributed by atoms with van der Waals surface area (Å²) in [6.07, 6.45) is 2.51. The van der Waals surface area contributed by atoms with Crippen LogP contribution in [0.15, 0.2) is 6.07 Å². The molecule has 1 unspecified atom stereocenters. The smallest absolute Gasteiger partial charge is 0.242 e. The number of carbonyl (C=O) groups is 1. The number of rotatable bonds is 3. The molecule has 0 radical (unpaired) electrons. The van der Waals surface area contributed by atoms with Gasteiger partial charge in [-0.1, -0.05) is 6.92 Å². The van der Waals surface area contributed by atoms with Gasteiger partial charge in [0.2, 0.25) is 5.91 Å². The van der Waals surface area contributed by atoms with E-state index in [2.05, 4.69) is 20.6 Å². The normalized spacial score (nSPS) is 19.8. The first-order valence-electron chi connectivity index (χ1n) is 5.86. The van der Waals surface area contributed by atoms with Crippen LogP contribution in [0.2, 0.25) is 0 Å². The van der Waals surface area contributed by atoms with Crippen LogP contribution < -0.4 is 16.4 Å². The van der Waals surface area contributed by atoms with E-state index < -0.39 is 0 Å². The maximum Gasteiger partial charge on any atom is 0.242 e. The lowest BCUT2D eigenvalue weighted by Gasteiger charge is -2.23. The summed E-state index contributed by atoms with van der Waals surface area (Å²) in [5, 5.41) is 5.92. The van der Waals surface area contributed by atoms with Gasteiger partial charge in [-0.3, -0.25) is 4.79 Å². The minimum Gasteiger partial charge on any atom is -0.384 e. The maximum absolute atomic E-state index is 11.6. The molecule has 1 fully saturated rings. The number of aromatic nitrogens is 2. The van der Waals surface area contributed by atoms with E-state index >= 15 is 0 Å². The molecule has 1 aliphatic heterocycles. The highest BCUT2D eigenvalue weighted by Gasteiger charge is 2.22. The molecule has 2 rings (SSSR count). The van der Waals surface area contributed by atoms with Crippen LogP contribution in [0.4, 0.5) is 11.6 Å². The minimum atomic E-state index is -0.220. The first-order valence-corrected chi connectivity index (χ1v) is 5.86. The van der Waals surface area contributed by atoms with Crippen LogP contribution in [0.5, 0.6) is 0 Å². The molecule has 1 atom stereocenters. The van der Waals surface area contributed by atoms with Crippen LogP contribution in [0.25, 0.3) is 0 Å². The molecule has 6 nitrogen and oxygen atoms in total. The van der Waals surface area contributed by atoms with Gasteiger partial charge >= 0.3 is 0 Å². The Morgan fingerprint density at radius 1 is 1.59 bits per heavy atom. The van der Waals surface area contributed by atoms with Crippen molar-refractivity contribution < 1.29 is 4.79 Å². The maximum atomic E-state index is 11.6. The number of hydrogen-bond acceptors (Lipinski definition) is 5. The molecule has 0 saturated carbocycles. The Kier molecular flexibility index (Phi) is 3.41. The molecule has 0 bridgehead atoms. The standard InChI is InChI=1S/C11H17N5O/c1-2-9-15-8(12)6-10(16-9)14-7-4-3-5-13-11(7)17/h6-7H,2-5H2,1H3,(H,13,17)(H3,12,14,15,16). The number of nitrogens with one attached hydrogen (secondary N) is 2. The first kappa shape index (κ1) is 11.6. The van der Waals surface area contributed by atoms with Gasteiger partial charge in [-0.2, -0.15) is 0 Å². The SMILES string of the molecule is CCc1nc(N)cc(NC2CCCNC2=O)n1. The molecular weight excluding hydrogens is 218 g/mol. The van der Waals surface area contributed by atoms with Gasteiger partial charge in [0.15, 0.2) is 0 Å². The topological polar surface area (TPSA) is 92.9 Å². The number of aryl methyl sites for hydroxylation is 1. The molecule has 4 N–H and O–H groups in total. The predicted molar refractivity (Wildman–Crippen MR) is 65.5 cm³/mol. The van der Waals surface area contributed by atoms with Gasteiger partial charge in [0.25, 0.3) is 0 Å². The molecule has 1 aromatic heterocycles. The quantitative estimate of drug-likeness (QED) is 0.701. The zero-order valence-corrected chi connectivity index (χ0v) is 9.86. The van der Waals surface area contributed by atoms with E-state index in [1.54, 1.807) is 6.07 Å². The second-order valence-electron chi connectivity index (χ2n) is 4.08. The fourth-order valence-corrected chi connectivity index (χ4v) is 1.84. The van der Waals surface area contributed by atoms with Gasteiger partial charge in [-0.25, -0.2) is 9.97 Å². The van der Waals surface area contributed by atoms with Gasteiger partial charge in [0, 0.05) is 19.0 Å². The third-order valence-electron chi connectivity index (χ3n) is 2.72. The lowest BCUT2D eigenvalue weighted by molar-refractivity contribution is -0.123. The molecule has 1 amide bonds. The number of amides is 1. The van der Waals surface area contributed by atoms with E-state index in [0.717, 1.165) is 25.8 Å². The predicted octanol–water partition coefficient (Wildman–Crippen LogP) is 0.312. The van der Waals surface area contributed by atoms with Crippen LogP contribution in [0.1, 0.15) is 25.6 Å². The molecule has 1 saturated heterocycles. The Morgan fingerprint density at radius 2 is 2.41 bits per heavy atom. The Labute approximate surface area is 100 Å². The Hall–Kier alpha value is -1.85. The van der Waals surface area contributed by atoms with Crippen molar-refractivity contribution in [2.45, 2.75) is 32.2 Å². The van der Waals surface area contributed by atoms with E-state index in [0.29, 0.717) is 17.5 Å². The summed E-state index contributed by atoms with van der Waals surface area (Å²) in [6, 6.07) is 1.43. The van der Waals surface area contributed by atoms with Crippen LogP contribution in [0.3, 0.4) is 0 Å². The lowest BCUT2D eigenvalue weighted by atomic mass is 10.1. The third kappa shape index (κ3) is 2.83. The number of anilines is 2. The van der Waals surface area contributed by atoms with Crippen LogP contribution in [-0.2, 0) is 11.2 Å². The highest BCUT2D eigenvalue weighted by Crippen LogP contribution is 2.13. The van der Waals surface area contributed by atoms with Crippen LogP contribution in [0, 0.1) is 0 Å². The highest BCUT2D eigenvalue weighted by molar-refractivity contribution is 5.85. The number of carbonyl (C=O) groups excluding carboxylic acids is 1. The summed E-state index contributed by atoms with van der Waals surface area (Å²) in [6.45, 7) is 2.72. The molecule has 1 aliphatic rings. The zero-order chi connectivity index (χ0) is 12.3. The van der Waals surface area contributed by atoms with Crippen LogP contribution in [-0.4, -0.2) is 28.5 Å². The van der Waals surface area contributed by atoms with Crippen molar-refractivity contribution >= 4 is 17.5 Å². The average Bonchev–Trinajstić information content (AvgIpc) is 2.31. The van der Waals surface area contributed by atoms with Gasteiger partial charge in [0.05, 0.1) is 0 Å². The summed E-state index contributed by atoms with van der Waals surface area (Å²) in [5.41, 5.74) is 5.68. The summed E-state index contributed by atoms with van der Waals surface area (Å²) >= 11 is 0. The second-order valence-corrected chi connectivity index (χ2v) is 4.08. The summed E-state index contributed by atoms with van der Waals surface area (Å²) in [7, 11) is 0. The van der Waals surface area contributed by atoms with E-state index in [4.69, 9.17) is 5.73 Å². The van der Waals surface area contributed by atoms with Gasteiger partial charge in [-0.15, -0.1) is 0 Å². The van der Waals surface area contributed by atoms with Crippen molar-refractivity contribution in [2.24, 2.45) is 0 Å². The van der Waals surface area contributed by atoms with E-state index in [-0.39, 0.29) is 11.9 Å². The monoisotopic (exact) mass is 235 g/mol. The summed E-state index contributed by atoms with van der Waals surface area (Å²) in [5.74, 6) is 1.75. The number of nitrogens with zero attached hydrogens (tertiary/aromatic N) is 2. The van der Waals surface area contributed by atoms with Crippen molar-refractivity contribution in [1.29, 1.82) is 0 Å². The van der Waals surface area contributed by atoms with E-state index in [1.807, 2.05) is 6.92 Å². The molecular formula is C11H17N5O.